The first-order chi connectivity index (χ1) is 5.02. The topological polar surface area (TPSA) is 29.6 Å². The molecule has 0 spiro atoms. The van der Waals surface area contributed by atoms with E-state index >= 15 is 0 Å². The zero-order valence-electron chi connectivity index (χ0n) is 7.26. The van der Waals surface area contributed by atoms with Crippen LogP contribution in [0.4, 0.5) is 0 Å². The maximum absolute atomic E-state index is 11.3. The van der Waals surface area contributed by atoms with Gasteiger partial charge in [0.1, 0.15) is 6.10 Å². The third-order valence-electron chi connectivity index (χ3n) is 2.86. The second kappa shape index (κ2) is 1.86. The van der Waals surface area contributed by atoms with Gasteiger partial charge >= 0.3 is 0 Å². The molecule has 2 rings (SSSR count). The van der Waals surface area contributed by atoms with E-state index in [2.05, 4.69) is 13.8 Å². The van der Waals surface area contributed by atoms with Crippen LogP contribution in [-0.4, -0.2) is 18.0 Å². The fourth-order valence-electron chi connectivity index (χ4n) is 2.21. The van der Waals surface area contributed by atoms with E-state index in [0.29, 0.717) is 5.78 Å². The molecule has 62 valence electrons. The summed E-state index contributed by atoms with van der Waals surface area (Å²) in [6, 6.07) is 0. The molecular weight excluding hydrogens is 140 g/mol. The van der Waals surface area contributed by atoms with Gasteiger partial charge in [0, 0.05) is 5.92 Å². The highest BCUT2D eigenvalue weighted by Gasteiger charge is 2.58. The third-order valence-corrected chi connectivity index (χ3v) is 2.86. The van der Waals surface area contributed by atoms with E-state index in [4.69, 9.17) is 4.74 Å². The van der Waals surface area contributed by atoms with E-state index in [-0.39, 0.29) is 23.5 Å². The van der Waals surface area contributed by atoms with Crippen molar-refractivity contribution >= 4 is 5.78 Å². The largest absolute Gasteiger partial charge is 0.361 e. The molecule has 1 heterocycles. The van der Waals surface area contributed by atoms with E-state index in [1.807, 2.05) is 6.92 Å². The zero-order valence-corrected chi connectivity index (χ0v) is 7.26. The van der Waals surface area contributed by atoms with Crippen molar-refractivity contribution in [3.05, 3.63) is 0 Å². The van der Waals surface area contributed by atoms with Gasteiger partial charge in [0.05, 0.1) is 6.10 Å². The van der Waals surface area contributed by atoms with E-state index in [1.54, 1.807) is 0 Å². The van der Waals surface area contributed by atoms with Crippen LogP contribution in [0, 0.1) is 11.3 Å². The lowest BCUT2D eigenvalue weighted by Crippen LogP contribution is -2.36. The first-order valence-corrected chi connectivity index (χ1v) is 4.21. The minimum atomic E-state index is -0.0475. The van der Waals surface area contributed by atoms with Gasteiger partial charge in [-0.2, -0.15) is 0 Å². The molecule has 0 aromatic heterocycles. The minimum absolute atomic E-state index is 0.0475. The summed E-state index contributed by atoms with van der Waals surface area (Å²) in [5.74, 6) is 0.517. The highest BCUT2D eigenvalue weighted by Crippen LogP contribution is 2.48. The van der Waals surface area contributed by atoms with Gasteiger partial charge in [-0.1, -0.05) is 20.8 Å². The molecule has 2 fully saturated rings. The average Bonchev–Trinajstić information content (AvgIpc) is 2.60. The molecule has 0 N–H and O–H groups in total. The Kier molecular flexibility index (Phi) is 1.23. The predicted octanol–water partition coefficient (Wildman–Crippen LogP) is 1.39. The van der Waals surface area contributed by atoms with Crippen LogP contribution in [0.2, 0.25) is 0 Å². The molecule has 0 bridgehead atoms. The third kappa shape index (κ3) is 0.924. The Morgan fingerprint density at radius 2 is 2.18 bits per heavy atom. The van der Waals surface area contributed by atoms with Gasteiger partial charge in [-0.3, -0.25) is 4.79 Å². The number of fused-ring (bicyclic) bond motifs is 1. The highest BCUT2D eigenvalue weighted by molar-refractivity contribution is 5.89. The van der Waals surface area contributed by atoms with Gasteiger partial charge < -0.3 is 4.74 Å². The molecule has 1 saturated heterocycles. The van der Waals surface area contributed by atoms with Crippen molar-refractivity contribution in [1.82, 2.24) is 0 Å². The number of ketones is 1. The Bertz CT molecular complexity index is 204. The van der Waals surface area contributed by atoms with Gasteiger partial charge in [0.15, 0.2) is 5.78 Å². The van der Waals surface area contributed by atoms with Crippen molar-refractivity contribution in [2.75, 3.05) is 0 Å². The molecule has 2 aliphatic rings. The summed E-state index contributed by atoms with van der Waals surface area (Å²) in [6.07, 6.45) is 1.16. The monoisotopic (exact) mass is 154 g/mol. The van der Waals surface area contributed by atoms with Gasteiger partial charge in [-0.15, -0.1) is 0 Å². The van der Waals surface area contributed by atoms with Crippen LogP contribution < -0.4 is 0 Å². The summed E-state index contributed by atoms with van der Waals surface area (Å²) in [6.45, 7) is 6.36. The fourth-order valence-corrected chi connectivity index (χ4v) is 2.21. The summed E-state index contributed by atoms with van der Waals surface area (Å²) in [4.78, 5) is 11.3. The Morgan fingerprint density at radius 1 is 1.55 bits per heavy atom. The quantitative estimate of drug-likeness (QED) is 0.493. The van der Waals surface area contributed by atoms with Crippen molar-refractivity contribution < 1.29 is 9.53 Å². The van der Waals surface area contributed by atoms with Gasteiger partial charge in [0.2, 0.25) is 0 Å². The number of ether oxygens (including phenoxy) is 1. The zero-order chi connectivity index (χ0) is 8.22. The normalized spacial score (nSPS) is 46.8. The summed E-state index contributed by atoms with van der Waals surface area (Å²) < 4.78 is 5.33. The Balaban J connectivity index is 2.20. The van der Waals surface area contributed by atoms with Crippen molar-refractivity contribution in [3.63, 3.8) is 0 Å². The summed E-state index contributed by atoms with van der Waals surface area (Å²) in [7, 11) is 0. The van der Waals surface area contributed by atoms with Crippen molar-refractivity contribution in [2.45, 2.75) is 39.4 Å². The Labute approximate surface area is 66.9 Å². The number of epoxide rings is 1. The maximum Gasteiger partial charge on any atom is 0.167 e. The smallest absolute Gasteiger partial charge is 0.167 e. The second-order valence-corrected chi connectivity index (χ2v) is 4.47. The molecule has 0 radical (unpaired) electrons. The first kappa shape index (κ1) is 7.29. The van der Waals surface area contributed by atoms with Crippen LogP contribution in [-0.2, 0) is 9.53 Å². The summed E-state index contributed by atoms with van der Waals surface area (Å²) in [5.41, 5.74) is 0.220. The molecule has 2 heteroatoms. The summed E-state index contributed by atoms with van der Waals surface area (Å²) in [5, 5.41) is 0. The van der Waals surface area contributed by atoms with Crippen molar-refractivity contribution in [1.29, 1.82) is 0 Å². The molecule has 0 aromatic rings. The SMILES string of the molecule is CC1CC(C)(C)C2OC2C1=O. The van der Waals surface area contributed by atoms with E-state index < -0.39 is 0 Å². The molecule has 1 aliphatic heterocycles. The van der Waals surface area contributed by atoms with E-state index in [0.717, 1.165) is 6.42 Å². The predicted molar refractivity (Wildman–Crippen MR) is 41.2 cm³/mol. The van der Waals surface area contributed by atoms with Gasteiger partial charge in [-0.05, 0) is 11.8 Å². The van der Waals surface area contributed by atoms with Gasteiger partial charge in [0.25, 0.3) is 0 Å². The molecule has 3 unspecified atom stereocenters. The summed E-state index contributed by atoms with van der Waals surface area (Å²) >= 11 is 0. The maximum atomic E-state index is 11.3. The lowest BCUT2D eigenvalue weighted by Gasteiger charge is -2.28. The number of hydrogen-bond acceptors (Lipinski definition) is 2. The van der Waals surface area contributed by atoms with Crippen LogP contribution in [0.5, 0.6) is 0 Å². The Morgan fingerprint density at radius 3 is 2.82 bits per heavy atom. The molecule has 0 amide bonds. The molecule has 1 aliphatic carbocycles. The van der Waals surface area contributed by atoms with Crippen LogP contribution in [0.1, 0.15) is 27.2 Å². The lowest BCUT2D eigenvalue weighted by atomic mass is 9.72. The van der Waals surface area contributed by atoms with Crippen LogP contribution in [0.15, 0.2) is 0 Å². The van der Waals surface area contributed by atoms with Crippen LogP contribution in [0.3, 0.4) is 0 Å². The molecule has 11 heavy (non-hydrogen) atoms. The number of rotatable bonds is 0. The number of carbonyl (C=O) groups excluding carboxylic acids is 1. The van der Waals surface area contributed by atoms with E-state index in [1.165, 1.54) is 0 Å². The molecule has 3 atom stereocenters. The standard InChI is InChI=1S/C9H14O2/c1-5-4-9(2,3)8-7(11-8)6(5)10/h5,7-8H,4H2,1-3H3. The fraction of sp³-hybridized carbons (Fsp3) is 0.889. The van der Waals surface area contributed by atoms with E-state index in [9.17, 15) is 4.79 Å². The molecule has 2 nitrogen and oxygen atoms in total. The second-order valence-electron chi connectivity index (χ2n) is 4.47. The van der Waals surface area contributed by atoms with Crippen LogP contribution in [0.25, 0.3) is 0 Å². The highest BCUT2D eigenvalue weighted by atomic mass is 16.6. The number of carbonyl (C=O) groups is 1. The van der Waals surface area contributed by atoms with Crippen molar-refractivity contribution in [3.8, 4) is 0 Å². The van der Waals surface area contributed by atoms with Crippen LogP contribution >= 0.6 is 0 Å². The van der Waals surface area contributed by atoms with Crippen molar-refractivity contribution in [2.24, 2.45) is 11.3 Å². The first-order valence-electron chi connectivity index (χ1n) is 4.21. The molecule has 0 aromatic carbocycles. The minimum Gasteiger partial charge on any atom is -0.361 e. The Hall–Kier alpha value is -0.370. The number of hydrogen-bond donors (Lipinski definition) is 0. The lowest BCUT2D eigenvalue weighted by molar-refractivity contribution is -0.125. The number of Topliss-reactive ketones (excluding diaryl/α,β-unsaturated/α-hetero) is 1. The molecular formula is C9H14O2. The molecule has 1 saturated carbocycles. The van der Waals surface area contributed by atoms with Gasteiger partial charge in [-0.25, -0.2) is 0 Å². The average molecular weight is 154 g/mol.